The van der Waals surface area contributed by atoms with E-state index < -0.39 is 6.10 Å². The summed E-state index contributed by atoms with van der Waals surface area (Å²) in [6, 6.07) is 5.95. The lowest BCUT2D eigenvalue weighted by atomic mass is 10.1. The monoisotopic (exact) mass is 307 g/mol. The summed E-state index contributed by atoms with van der Waals surface area (Å²) >= 11 is 0. The van der Waals surface area contributed by atoms with Gasteiger partial charge in [0.2, 0.25) is 5.91 Å². The van der Waals surface area contributed by atoms with E-state index in [0.717, 1.165) is 11.1 Å². The summed E-state index contributed by atoms with van der Waals surface area (Å²) in [5, 5.41) is 12.3. The zero-order valence-corrected chi connectivity index (χ0v) is 12.7. The molecule has 1 fully saturated rings. The number of aliphatic hydroxyl groups excluding tert-OH is 1. The molecule has 1 amide bonds. The van der Waals surface area contributed by atoms with Gasteiger partial charge in [0.05, 0.1) is 12.7 Å². The fraction of sp³-hybridized carbons (Fsp3) is 0.471. The Hall–Kier alpha value is -1.72. The average molecular weight is 307 g/mol. The minimum atomic E-state index is -0.706. The van der Waals surface area contributed by atoms with Gasteiger partial charge in [0.25, 0.3) is 0 Å². The van der Waals surface area contributed by atoms with Crippen LogP contribution in [0.15, 0.2) is 30.3 Å². The minimum absolute atomic E-state index is 0.150. The standard InChI is InChI=1S/C17H22FNO3/c1-12(14-4-6-15(18)7-5-14)8-17(21)19-9-16(20)11-22-10-13-2-3-13/h4-8,13,16,20H,2-3,9-11H2,1H3,(H,19,21)/b12-8-. The van der Waals surface area contributed by atoms with Gasteiger partial charge in [-0.15, -0.1) is 0 Å². The van der Waals surface area contributed by atoms with Gasteiger partial charge in [-0.05, 0) is 49.0 Å². The van der Waals surface area contributed by atoms with Crippen LogP contribution in [-0.2, 0) is 9.53 Å². The zero-order chi connectivity index (χ0) is 15.9. The van der Waals surface area contributed by atoms with Crippen LogP contribution in [-0.4, -0.2) is 36.9 Å². The number of hydrogen-bond donors (Lipinski definition) is 2. The lowest BCUT2D eigenvalue weighted by molar-refractivity contribution is -0.117. The molecule has 1 aromatic carbocycles. The van der Waals surface area contributed by atoms with Crippen LogP contribution in [0.2, 0.25) is 0 Å². The van der Waals surface area contributed by atoms with Crippen molar-refractivity contribution in [3.8, 4) is 0 Å². The van der Waals surface area contributed by atoms with Crippen molar-refractivity contribution in [1.29, 1.82) is 0 Å². The second kappa shape index (κ2) is 8.06. The summed E-state index contributed by atoms with van der Waals surface area (Å²) in [4.78, 5) is 11.8. The summed E-state index contributed by atoms with van der Waals surface area (Å²) in [7, 11) is 0. The van der Waals surface area contributed by atoms with Gasteiger partial charge >= 0.3 is 0 Å². The fourth-order valence-electron chi connectivity index (χ4n) is 1.98. The van der Waals surface area contributed by atoms with Crippen LogP contribution in [0.5, 0.6) is 0 Å². The summed E-state index contributed by atoms with van der Waals surface area (Å²) in [6.45, 7) is 2.85. The van der Waals surface area contributed by atoms with Gasteiger partial charge in [-0.1, -0.05) is 12.1 Å². The fourth-order valence-corrected chi connectivity index (χ4v) is 1.98. The summed E-state index contributed by atoms with van der Waals surface area (Å²) in [5.41, 5.74) is 1.52. The Bertz CT molecular complexity index is 523. The van der Waals surface area contributed by atoms with Gasteiger partial charge in [-0.2, -0.15) is 0 Å². The molecule has 120 valence electrons. The van der Waals surface area contributed by atoms with Gasteiger partial charge in [0.1, 0.15) is 5.82 Å². The Kier molecular flexibility index (Phi) is 6.10. The van der Waals surface area contributed by atoms with Crippen molar-refractivity contribution in [2.75, 3.05) is 19.8 Å². The summed E-state index contributed by atoms with van der Waals surface area (Å²) < 4.78 is 18.2. The van der Waals surface area contributed by atoms with Crippen LogP contribution in [0.3, 0.4) is 0 Å². The molecule has 0 radical (unpaired) electrons. The topological polar surface area (TPSA) is 58.6 Å². The number of nitrogens with one attached hydrogen (secondary N) is 1. The maximum Gasteiger partial charge on any atom is 0.244 e. The Morgan fingerprint density at radius 2 is 2.14 bits per heavy atom. The average Bonchev–Trinajstić information content (AvgIpc) is 3.30. The van der Waals surface area contributed by atoms with Crippen LogP contribution in [0.1, 0.15) is 25.3 Å². The summed E-state index contributed by atoms with van der Waals surface area (Å²) in [5.74, 6) is 0.0569. The normalized spacial score (nSPS) is 16.4. The van der Waals surface area contributed by atoms with Gasteiger partial charge in [-0.3, -0.25) is 4.79 Å². The lowest BCUT2D eigenvalue weighted by Gasteiger charge is -2.11. The number of ether oxygens (including phenoxy) is 1. The van der Waals surface area contributed by atoms with E-state index in [2.05, 4.69) is 5.32 Å². The number of amides is 1. The molecule has 0 saturated heterocycles. The highest BCUT2D eigenvalue weighted by molar-refractivity contribution is 5.94. The molecule has 0 aromatic heterocycles. The van der Waals surface area contributed by atoms with Gasteiger partial charge < -0.3 is 15.2 Å². The third-order valence-corrected chi connectivity index (χ3v) is 3.52. The van der Waals surface area contributed by atoms with E-state index in [-0.39, 0.29) is 24.9 Å². The molecule has 22 heavy (non-hydrogen) atoms. The molecule has 1 aromatic rings. The van der Waals surface area contributed by atoms with Crippen molar-refractivity contribution >= 4 is 11.5 Å². The Morgan fingerprint density at radius 1 is 1.45 bits per heavy atom. The molecule has 1 atom stereocenters. The largest absolute Gasteiger partial charge is 0.389 e. The molecule has 0 bridgehead atoms. The molecular weight excluding hydrogens is 285 g/mol. The van der Waals surface area contributed by atoms with E-state index in [9.17, 15) is 14.3 Å². The van der Waals surface area contributed by atoms with E-state index in [1.54, 1.807) is 19.1 Å². The van der Waals surface area contributed by atoms with Gasteiger partial charge in [0, 0.05) is 19.2 Å². The molecule has 5 heteroatoms. The molecule has 0 spiro atoms. The molecule has 1 saturated carbocycles. The number of halogens is 1. The molecular formula is C17H22FNO3. The smallest absolute Gasteiger partial charge is 0.244 e. The Balaban J connectivity index is 1.71. The molecule has 0 heterocycles. The van der Waals surface area contributed by atoms with Crippen molar-refractivity contribution in [1.82, 2.24) is 5.32 Å². The van der Waals surface area contributed by atoms with Crippen LogP contribution in [0.4, 0.5) is 4.39 Å². The van der Waals surface area contributed by atoms with Crippen molar-refractivity contribution in [3.05, 3.63) is 41.7 Å². The molecule has 2 rings (SSSR count). The maximum absolute atomic E-state index is 12.8. The highest BCUT2D eigenvalue weighted by Gasteiger charge is 2.21. The second-order valence-electron chi connectivity index (χ2n) is 5.71. The Labute approximate surface area is 130 Å². The first-order valence-electron chi connectivity index (χ1n) is 7.52. The number of carbonyl (C=O) groups is 1. The van der Waals surface area contributed by atoms with E-state index in [1.165, 1.54) is 31.1 Å². The predicted octanol–water partition coefficient (Wildman–Crippen LogP) is 2.13. The van der Waals surface area contributed by atoms with Crippen molar-refractivity contribution in [2.45, 2.75) is 25.9 Å². The molecule has 4 nitrogen and oxygen atoms in total. The van der Waals surface area contributed by atoms with Crippen LogP contribution in [0.25, 0.3) is 5.57 Å². The third-order valence-electron chi connectivity index (χ3n) is 3.52. The number of carbonyl (C=O) groups excluding carboxylic acids is 1. The quantitative estimate of drug-likeness (QED) is 0.723. The molecule has 1 aliphatic rings. The third kappa shape index (κ3) is 5.95. The molecule has 1 aliphatic carbocycles. The number of benzene rings is 1. The number of rotatable bonds is 8. The van der Waals surface area contributed by atoms with Gasteiger partial charge in [0.15, 0.2) is 0 Å². The van der Waals surface area contributed by atoms with Gasteiger partial charge in [-0.25, -0.2) is 4.39 Å². The maximum atomic E-state index is 12.8. The Morgan fingerprint density at radius 3 is 2.77 bits per heavy atom. The van der Waals surface area contributed by atoms with Crippen LogP contribution >= 0.6 is 0 Å². The van der Waals surface area contributed by atoms with E-state index >= 15 is 0 Å². The van der Waals surface area contributed by atoms with Crippen molar-refractivity contribution in [3.63, 3.8) is 0 Å². The first-order chi connectivity index (χ1) is 10.5. The predicted molar refractivity (Wildman–Crippen MR) is 82.6 cm³/mol. The van der Waals surface area contributed by atoms with E-state index in [0.29, 0.717) is 12.5 Å². The number of hydrogen-bond acceptors (Lipinski definition) is 3. The molecule has 0 aliphatic heterocycles. The molecule has 2 N–H and O–H groups in total. The zero-order valence-electron chi connectivity index (χ0n) is 12.7. The summed E-state index contributed by atoms with van der Waals surface area (Å²) in [6.07, 6.45) is 3.15. The van der Waals surface area contributed by atoms with Crippen LogP contribution in [0, 0.1) is 11.7 Å². The van der Waals surface area contributed by atoms with Crippen molar-refractivity contribution < 1.29 is 19.0 Å². The van der Waals surface area contributed by atoms with E-state index in [4.69, 9.17) is 4.74 Å². The first kappa shape index (κ1) is 16.6. The SMILES string of the molecule is C/C(=C/C(=O)NCC(O)COCC1CC1)c1ccc(F)cc1. The van der Waals surface area contributed by atoms with Crippen molar-refractivity contribution in [2.24, 2.45) is 5.92 Å². The highest BCUT2D eigenvalue weighted by Crippen LogP contribution is 2.28. The van der Waals surface area contributed by atoms with E-state index in [1.807, 2.05) is 0 Å². The lowest BCUT2D eigenvalue weighted by Crippen LogP contribution is -2.33. The molecule has 1 unspecified atom stereocenters. The first-order valence-corrected chi connectivity index (χ1v) is 7.52. The second-order valence-corrected chi connectivity index (χ2v) is 5.71. The number of allylic oxidation sites excluding steroid dienone is 1. The minimum Gasteiger partial charge on any atom is -0.389 e. The number of aliphatic hydroxyl groups is 1. The van der Waals surface area contributed by atoms with Crippen LogP contribution < -0.4 is 5.32 Å². The highest BCUT2D eigenvalue weighted by atomic mass is 19.1.